The number of nitrogens with one attached hydrogen (secondary N) is 1. The number of fused-ring (bicyclic) bond motifs is 1. The highest BCUT2D eigenvalue weighted by Crippen LogP contribution is 2.20. The van der Waals surface area contributed by atoms with Gasteiger partial charge in [0, 0.05) is 25.2 Å². The molecule has 4 heteroatoms. The average Bonchev–Trinajstić information content (AvgIpc) is 2.27. The second-order valence-corrected chi connectivity index (χ2v) is 3.26. The van der Waals surface area contributed by atoms with Gasteiger partial charge in [0.05, 0.1) is 6.20 Å². The lowest BCUT2D eigenvalue weighted by Crippen LogP contribution is -2.17. The van der Waals surface area contributed by atoms with Crippen molar-refractivity contribution in [1.29, 1.82) is 0 Å². The summed E-state index contributed by atoms with van der Waals surface area (Å²) in [6.07, 6.45) is 1.66. The molecule has 1 heterocycles. The van der Waals surface area contributed by atoms with E-state index in [0.717, 1.165) is 21.2 Å². The van der Waals surface area contributed by atoms with Crippen LogP contribution in [0, 0.1) is 0 Å². The first kappa shape index (κ1) is 9.58. The molecule has 0 amide bonds. The van der Waals surface area contributed by atoms with Crippen LogP contribution in [0.3, 0.4) is 0 Å². The predicted octanol–water partition coefficient (Wildman–Crippen LogP) is 1.45. The van der Waals surface area contributed by atoms with Gasteiger partial charge in [-0.15, -0.1) is 0 Å². The molecule has 0 bridgehead atoms. The highest BCUT2D eigenvalue weighted by atomic mass is 16.5. The highest BCUT2D eigenvalue weighted by molar-refractivity contribution is 5.92. The molecule has 0 aliphatic carbocycles. The molecule has 0 aliphatic rings. The van der Waals surface area contributed by atoms with Crippen molar-refractivity contribution < 1.29 is 5.21 Å². The van der Waals surface area contributed by atoms with Crippen molar-refractivity contribution in [3.63, 3.8) is 0 Å². The summed E-state index contributed by atoms with van der Waals surface area (Å²) in [6, 6.07) is 7.77. The first-order valence-electron chi connectivity index (χ1n) is 4.71. The minimum Gasteiger partial charge on any atom is -0.427 e. The van der Waals surface area contributed by atoms with Crippen LogP contribution in [0.15, 0.2) is 35.5 Å². The van der Waals surface area contributed by atoms with Gasteiger partial charge in [0.1, 0.15) is 0 Å². The summed E-state index contributed by atoms with van der Waals surface area (Å²) in [5.74, 6) is 0. The largest absolute Gasteiger partial charge is 0.427 e. The number of pyridine rings is 1. The summed E-state index contributed by atoms with van der Waals surface area (Å²) < 4.78 is 1.03. The Morgan fingerprint density at radius 1 is 1.40 bits per heavy atom. The first-order chi connectivity index (χ1) is 7.26. The number of hydrogen-bond donors (Lipinski definition) is 2. The average molecular weight is 203 g/mol. The van der Waals surface area contributed by atoms with Gasteiger partial charge in [-0.2, -0.15) is 4.73 Å². The molecule has 0 unspecified atom stereocenters. The molecule has 2 aromatic rings. The van der Waals surface area contributed by atoms with Gasteiger partial charge in [0.15, 0.2) is 5.49 Å². The Bertz CT molecular complexity index is 557. The number of aromatic nitrogens is 1. The van der Waals surface area contributed by atoms with Gasteiger partial charge in [0.2, 0.25) is 0 Å². The summed E-state index contributed by atoms with van der Waals surface area (Å²) in [4.78, 5) is 3.97. The van der Waals surface area contributed by atoms with Crippen molar-refractivity contribution in [3.8, 4) is 0 Å². The number of benzene rings is 1. The van der Waals surface area contributed by atoms with Crippen LogP contribution in [0.1, 0.15) is 0 Å². The molecule has 0 aliphatic heterocycles. The normalized spacial score (nSPS) is 12.0. The molecule has 4 nitrogen and oxygen atoms in total. The highest BCUT2D eigenvalue weighted by Gasteiger charge is 2.00. The van der Waals surface area contributed by atoms with Crippen LogP contribution >= 0.6 is 0 Å². The lowest BCUT2D eigenvalue weighted by Gasteiger charge is -2.07. The zero-order chi connectivity index (χ0) is 10.8. The Hall–Kier alpha value is -1.97. The molecule has 0 saturated carbocycles. The second-order valence-electron chi connectivity index (χ2n) is 3.26. The topological polar surface area (TPSA) is 49.5 Å². The lowest BCUT2D eigenvalue weighted by atomic mass is 10.1. The molecular formula is C11H13N3O. The fraction of sp³-hybridized carbons (Fsp3) is 0.182. The molecular weight excluding hydrogens is 190 g/mol. The Morgan fingerprint density at radius 2 is 2.20 bits per heavy atom. The third-order valence-corrected chi connectivity index (χ3v) is 2.41. The maximum Gasteiger partial charge on any atom is 0.163 e. The van der Waals surface area contributed by atoms with Crippen molar-refractivity contribution >= 4 is 16.5 Å². The van der Waals surface area contributed by atoms with E-state index in [9.17, 15) is 5.21 Å². The molecule has 0 radical (unpaired) electrons. The summed E-state index contributed by atoms with van der Waals surface area (Å²) in [5, 5.41) is 14.7. The van der Waals surface area contributed by atoms with Crippen LogP contribution in [-0.2, 0) is 0 Å². The Morgan fingerprint density at radius 3 is 2.87 bits per heavy atom. The number of anilines is 1. The second kappa shape index (κ2) is 3.65. The maximum atomic E-state index is 9.62. The van der Waals surface area contributed by atoms with E-state index in [2.05, 4.69) is 10.3 Å². The molecule has 15 heavy (non-hydrogen) atoms. The van der Waals surface area contributed by atoms with Crippen molar-refractivity contribution in [2.45, 2.75) is 0 Å². The Kier molecular flexibility index (Phi) is 2.33. The van der Waals surface area contributed by atoms with E-state index in [0.29, 0.717) is 5.49 Å². The van der Waals surface area contributed by atoms with Gasteiger partial charge in [-0.1, -0.05) is 12.1 Å². The molecule has 2 rings (SSSR count). The van der Waals surface area contributed by atoms with Crippen LogP contribution in [0.25, 0.3) is 10.8 Å². The van der Waals surface area contributed by atoms with E-state index in [1.54, 1.807) is 13.2 Å². The van der Waals surface area contributed by atoms with Crippen LogP contribution < -0.4 is 10.8 Å². The molecule has 78 valence electrons. The van der Waals surface area contributed by atoms with E-state index in [1.807, 2.05) is 31.3 Å². The monoisotopic (exact) mass is 203 g/mol. The van der Waals surface area contributed by atoms with Crippen LogP contribution in [0.4, 0.5) is 5.69 Å². The van der Waals surface area contributed by atoms with Crippen molar-refractivity contribution in [2.75, 3.05) is 19.4 Å². The quantitative estimate of drug-likeness (QED) is 0.689. The van der Waals surface area contributed by atoms with E-state index in [4.69, 9.17) is 0 Å². The van der Waals surface area contributed by atoms with Gasteiger partial charge >= 0.3 is 0 Å². The predicted molar refractivity (Wildman–Crippen MR) is 60.2 cm³/mol. The van der Waals surface area contributed by atoms with E-state index in [-0.39, 0.29) is 0 Å². The summed E-state index contributed by atoms with van der Waals surface area (Å²) in [6.45, 7) is 0. The molecule has 1 aromatic carbocycles. The lowest BCUT2D eigenvalue weighted by molar-refractivity contribution is 0.173. The van der Waals surface area contributed by atoms with Crippen LogP contribution in [-0.4, -0.2) is 24.0 Å². The van der Waals surface area contributed by atoms with E-state index in [1.165, 1.54) is 0 Å². The zero-order valence-corrected chi connectivity index (χ0v) is 8.73. The molecule has 0 spiro atoms. The van der Waals surface area contributed by atoms with Gasteiger partial charge in [-0.05, 0) is 17.5 Å². The SMILES string of the molecule is CN=c1cc2cccc(NC)c2cn1O. The maximum absolute atomic E-state index is 9.62. The smallest absolute Gasteiger partial charge is 0.163 e. The van der Waals surface area contributed by atoms with Crippen molar-refractivity contribution in [3.05, 3.63) is 36.0 Å². The number of rotatable bonds is 1. The number of hydrogen-bond acceptors (Lipinski definition) is 3. The van der Waals surface area contributed by atoms with Gasteiger partial charge in [-0.25, -0.2) is 0 Å². The van der Waals surface area contributed by atoms with Crippen LogP contribution in [0.2, 0.25) is 0 Å². The fourth-order valence-electron chi connectivity index (χ4n) is 1.63. The van der Waals surface area contributed by atoms with Gasteiger partial charge in [-0.3, -0.25) is 4.99 Å². The van der Waals surface area contributed by atoms with Gasteiger partial charge < -0.3 is 10.5 Å². The van der Waals surface area contributed by atoms with Crippen LogP contribution in [0.5, 0.6) is 0 Å². The number of nitrogens with zero attached hydrogens (tertiary/aromatic N) is 2. The first-order valence-corrected chi connectivity index (χ1v) is 4.71. The molecule has 1 aromatic heterocycles. The minimum atomic E-state index is 0.538. The third-order valence-electron chi connectivity index (χ3n) is 2.41. The molecule has 0 atom stereocenters. The Labute approximate surface area is 87.5 Å². The standard InChI is InChI=1S/C11H13N3O/c1-12-10-5-3-4-8-6-11(13-2)14(15)7-9(8)10/h3-7,12,15H,1-2H3. The molecule has 0 fully saturated rings. The van der Waals surface area contributed by atoms with Gasteiger partial charge in [0.25, 0.3) is 0 Å². The third kappa shape index (κ3) is 1.54. The molecule has 2 N–H and O–H groups in total. The fourth-order valence-corrected chi connectivity index (χ4v) is 1.63. The summed E-state index contributed by atoms with van der Waals surface area (Å²) in [5.41, 5.74) is 1.52. The minimum absolute atomic E-state index is 0.538. The van der Waals surface area contributed by atoms with E-state index < -0.39 is 0 Å². The molecule has 0 saturated heterocycles. The summed E-state index contributed by atoms with van der Waals surface area (Å²) in [7, 11) is 3.50. The zero-order valence-electron chi connectivity index (χ0n) is 8.73. The van der Waals surface area contributed by atoms with Crippen molar-refractivity contribution in [1.82, 2.24) is 4.73 Å². The summed E-state index contributed by atoms with van der Waals surface area (Å²) >= 11 is 0. The van der Waals surface area contributed by atoms with E-state index >= 15 is 0 Å². The Balaban J connectivity index is 2.87. The van der Waals surface area contributed by atoms with Crippen molar-refractivity contribution in [2.24, 2.45) is 4.99 Å².